The Bertz CT molecular complexity index is 384. The van der Waals surface area contributed by atoms with Crippen LogP contribution in [0.1, 0.15) is 42.2 Å². The molecule has 0 amide bonds. The quantitative estimate of drug-likeness (QED) is 0.789. The van der Waals surface area contributed by atoms with Crippen LogP contribution in [0, 0.1) is 11.7 Å². The van der Waals surface area contributed by atoms with Gasteiger partial charge in [0.1, 0.15) is 5.82 Å². The number of nitrogens with two attached hydrogens (primary N) is 1. The van der Waals surface area contributed by atoms with Gasteiger partial charge in [0.05, 0.1) is 0 Å². The van der Waals surface area contributed by atoms with E-state index < -0.39 is 0 Å². The smallest absolute Gasteiger partial charge is 0.123 e. The third-order valence-electron chi connectivity index (χ3n) is 3.90. The van der Waals surface area contributed by atoms with Crippen LogP contribution in [0.25, 0.3) is 0 Å². The van der Waals surface area contributed by atoms with Crippen LogP contribution >= 0.6 is 0 Å². The van der Waals surface area contributed by atoms with E-state index in [2.05, 4.69) is 0 Å². The first kappa shape index (κ1) is 9.34. The number of fused-ring (bicyclic) bond motifs is 1. The number of hydrogen-bond donors (Lipinski definition) is 1. The lowest BCUT2D eigenvalue weighted by Gasteiger charge is -2.09. The van der Waals surface area contributed by atoms with E-state index in [4.69, 9.17) is 5.73 Å². The summed E-state index contributed by atoms with van der Waals surface area (Å²) in [6.07, 6.45) is 3.83. The van der Waals surface area contributed by atoms with Gasteiger partial charge in [-0.05, 0) is 66.8 Å². The van der Waals surface area contributed by atoms with Crippen LogP contribution in [0.3, 0.4) is 0 Å². The largest absolute Gasteiger partial charge is 0.330 e. The number of rotatable bonds is 2. The van der Waals surface area contributed by atoms with Crippen LogP contribution in [-0.4, -0.2) is 6.54 Å². The molecule has 2 unspecified atom stereocenters. The topological polar surface area (TPSA) is 26.0 Å². The molecule has 2 aliphatic carbocycles. The fourth-order valence-corrected chi connectivity index (χ4v) is 2.97. The molecule has 2 heteroatoms. The number of hydrogen-bond acceptors (Lipinski definition) is 1. The summed E-state index contributed by atoms with van der Waals surface area (Å²) in [7, 11) is 0. The second-order valence-electron chi connectivity index (χ2n) is 4.89. The Morgan fingerprint density at radius 1 is 1.27 bits per heavy atom. The average Bonchev–Trinajstić information content (AvgIpc) is 3.01. The minimum Gasteiger partial charge on any atom is -0.330 e. The van der Waals surface area contributed by atoms with Gasteiger partial charge in [0, 0.05) is 0 Å². The summed E-state index contributed by atoms with van der Waals surface area (Å²) < 4.78 is 13.2. The van der Waals surface area contributed by atoms with Crippen molar-refractivity contribution < 1.29 is 4.39 Å². The molecule has 1 aromatic rings. The second-order valence-corrected chi connectivity index (χ2v) is 4.89. The predicted molar refractivity (Wildman–Crippen MR) is 58.3 cm³/mol. The molecule has 2 aliphatic rings. The molecule has 15 heavy (non-hydrogen) atoms. The maximum Gasteiger partial charge on any atom is 0.123 e. The normalized spacial score (nSPS) is 29.2. The first-order valence-electron chi connectivity index (χ1n) is 5.79. The van der Waals surface area contributed by atoms with E-state index in [1.54, 1.807) is 12.1 Å². The zero-order valence-corrected chi connectivity index (χ0v) is 8.75. The van der Waals surface area contributed by atoms with Crippen LogP contribution in [-0.2, 0) is 0 Å². The Morgan fingerprint density at radius 2 is 2.07 bits per heavy atom. The Labute approximate surface area is 89.5 Å². The summed E-state index contributed by atoms with van der Waals surface area (Å²) in [6, 6.07) is 5.26. The third kappa shape index (κ3) is 1.48. The van der Waals surface area contributed by atoms with Crippen molar-refractivity contribution in [1.29, 1.82) is 0 Å². The molecule has 1 fully saturated rings. The lowest BCUT2D eigenvalue weighted by atomic mass is 9.96. The minimum atomic E-state index is -0.122. The van der Waals surface area contributed by atoms with Crippen molar-refractivity contribution in [3.05, 3.63) is 35.1 Å². The van der Waals surface area contributed by atoms with Crippen LogP contribution in [0.2, 0.25) is 0 Å². The summed E-state index contributed by atoms with van der Waals surface area (Å²) >= 11 is 0. The monoisotopic (exact) mass is 205 g/mol. The highest BCUT2D eigenvalue weighted by molar-refractivity contribution is 5.40. The van der Waals surface area contributed by atoms with Gasteiger partial charge in [-0.15, -0.1) is 0 Å². The Balaban J connectivity index is 2.02. The summed E-state index contributed by atoms with van der Waals surface area (Å²) in [6.45, 7) is 0.652. The molecule has 1 aromatic carbocycles. The highest BCUT2D eigenvalue weighted by Gasteiger charge is 2.39. The number of benzene rings is 1. The Kier molecular flexibility index (Phi) is 2.06. The predicted octanol–water partition coefficient (Wildman–Crippen LogP) is 2.77. The van der Waals surface area contributed by atoms with E-state index in [0.717, 1.165) is 12.3 Å². The summed E-state index contributed by atoms with van der Waals surface area (Å²) in [4.78, 5) is 0. The Morgan fingerprint density at radius 3 is 2.73 bits per heavy atom. The van der Waals surface area contributed by atoms with Gasteiger partial charge in [-0.2, -0.15) is 0 Å². The fourth-order valence-electron chi connectivity index (χ4n) is 2.97. The highest BCUT2D eigenvalue weighted by Crippen LogP contribution is 2.52. The van der Waals surface area contributed by atoms with E-state index in [0.29, 0.717) is 18.4 Å². The molecule has 80 valence electrons. The van der Waals surface area contributed by atoms with Crippen molar-refractivity contribution in [2.75, 3.05) is 6.54 Å². The molecule has 0 bridgehead atoms. The molecule has 1 saturated carbocycles. The average molecular weight is 205 g/mol. The van der Waals surface area contributed by atoms with Crippen molar-refractivity contribution in [3.63, 3.8) is 0 Å². The lowest BCUT2D eigenvalue weighted by Crippen LogP contribution is -2.09. The van der Waals surface area contributed by atoms with E-state index in [1.807, 2.05) is 6.07 Å². The zero-order valence-electron chi connectivity index (χ0n) is 8.75. The van der Waals surface area contributed by atoms with Crippen LogP contribution in [0.15, 0.2) is 18.2 Å². The summed E-state index contributed by atoms with van der Waals surface area (Å²) in [5, 5.41) is 0. The van der Waals surface area contributed by atoms with Gasteiger partial charge in [0.2, 0.25) is 0 Å². The van der Waals surface area contributed by atoms with Crippen LogP contribution in [0.4, 0.5) is 4.39 Å². The molecule has 0 aliphatic heterocycles. The molecule has 0 spiro atoms. The third-order valence-corrected chi connectivity index (χ3v) is 3.90. The first-order chi connectivity index (χ1) is 7.29. The SMILES string of the molecule is NCC1CC(C2CC2)c2ccc(F)cc21. The molecule has 2 N–H and O–H groups in total. The van der Waals surface area contributed by atoms with Gasteiger partial charge in [-0.1, -0.05) is 6.07 Å². The second kappa shape index (κ2) is 3.31. The molecule has 0 radical (unpaired) electrons. The van der Waals surface area contributed by atoms with Gasteiger partial charge in [0.25, 0.3) is 0 Å². The van der Waals surface area contributed by atoms with Crippen LogP contribution < -0.4 is 5.73 Å². The molecule has 2 atom stereocenters. The van der Waals surface area contributed by atoms with E-state index in [1.165, 1.54) is 24.0 Å². The van der Waals surface area contributed by atoms with E-state index in [9.17, 15) is 4.39 Å². The first-order valence-corrected chi connectivity index (χ1v) is 5.79. The van der Waals surface area contributed by atoms with Gasteiger partial charge < -0.3 is 5.73 Å². The van der Waals surface area contributed by atoms with Crippen molar-refractivity contribution in [2.45, 2.75) is 31.1 Å². The van der Waals surface area contributed by atoms with Gasteiger partial charge in [-0.25, -0.2) is 4.39 Å². The van der Waals surface area contributed by atoms with E-state index >= 15 is 0 Å². The van der Waals surface area contributed by atoms with Gasteiger partial charge >= 0.3 is 0 Å². The molecule has 1 nitrogen and oxygen atoms in total. The maximum absolute atomic E-state index is 13.2. The molecule has 3 rings (SSSR count). The molecule has 0 heterocycles. The summed E-state index contributed by atoms with van der Waals surface area (Å²) in [5.74, 6) is 1.78. The van der Waals surface area contributed by atoms with Crippen molar-refractivity contribution in [1.82, 2.24) is 0 Å². The number of halogens is 1. The molecular formula is C13H16FN. The lowest BCUT2D eigenvalue weighted by molar-refractivity contribution is 0.545. The van der Waals surface area contributed by atoms with E-state index in [-0.39, 0.29) is 5.82 Å². The molecule has 0 aromatic heterocycles. The minimum absolute atomic E-state index is 0.122. The summed E-state index contributed by atoms with van der Waals surface area (Å²) in [5.41, 5.74) is 8.30. The highest BCUT2D eigenvalue weighted by atomic mass is 19.1. The van der Waals surface area contributed by atoms with Gasteiger partial charge in [-0.3, -0.25) is 0 Å². The van der Waals surface area contributed by atoms with Crippen molar-refractivity contribution in [2.24, 2.45) is 11.7 Å². The fraction of sp³-hybridized carbons (Fsp3) is 0.538. The van der Waals surface area contributed by atoms with Gasteiger partial charge in [0.15, 0.2) is 0 Å². The van der Waals surface area contributed by atoms with Crippen molar-refractivity contribution >= 4 is 0 Å². The molecular weight excluding hydrogens is 189 g/mol. The standard InChI is InChI=1S/C13H16FN/c14-10-3-4-11-12(8-1-2-8)5-9(7-15)13(11)6-10/h3-4,6,8-9,12H,1-2,5,7,15H2. The molecule has 0 saturated heterocycles. The maximum atomic E-state index is 13.2. The van der Waals surface area contributed by atoms with Crippen LogP contribution in [0.5, 0.6) is 0 Å². The Hall–Kier alpha value is -0.890. The van der Waals surface area contributed by atoms with Crippen molar-refractivity contribution in [3.8, 4) is 0 Å². The zero-order chi connectivity index (χ0) is 10.4.